The highest BCUT2D eigenvalue weighted by Crippen LogP contribution is 2.33. The predicted molar refractivity (Wildman–Crippen MR) is 89.7 cm³/mol. The van der Waals surface area contributed by atoms with E-state index in [4.69, 9.17) is 16.3 Å². The molecule has 26 heavy (non-hydrogen) atoms. The Bertz CT molecular complexity index is 755. The fourth-order valence-electron chi connectivity index (χ4n) is 2.96. The van der Waals surface area contributed by atoms with Gasteiger partial charge in [0.15, 0.2) is 23.2 Å². The topological polar surface area (TPSA) is 157 Å². The van der Waals surface area contributed by atoms with E-state index in [2.05, 4.69) is 15.0 Å². The molecular formula is C14H20ClN5O6. The summed E-state index contributed by atoms with van der Waals surface area (Å²) in [5.41, 5.74) is 0.574. The zero-order valence-electron chi connectivity index (χ0n) is 13.7. The van der Waals surface area contributed by atoms with E-state index in [9.17, 15) is 25.5 Å². The van der Waals surface area contributed by atoms with Crippen LogP contribution < -0.4 is 4.90 Å². The van der Waals surface area contributed by atoms with Crippen molar-refractivity contribution in [2.24, 2.45) is 0 Å². The lowest BCUT2D eigenvalue weighted by Crippen LogP contribution is -2.33. The Morgan fingerprint density at radius 1 is 1.12 bits per heavy atom. The number of anilines is 1. The van der Waals surface area contributed by atoms with Crippen molar-refractivity contribution in [1.82, 2.24) is 19.5 Å². The quantitative estimate of drug-likeness (QED) is 0.331. The van der Waals surface area contributed by atoms with Gasteiger partial charge in [0, 0.05) is 13.1 Å². The molecule has 1 aliphatic rings. The van der Waals surface area contributed by atoms with Gasteiger partial charge in [-0.2, -0.15) is 9.97 Å². The van der Waals surface area contributed by atoms with Crippen LogP contribution in [-0.2, 0) is 4.74 Å². The van der Waals surface area contributed by atoms with Crippen LogP contribution in [0.5, 0.6) is 0 Å². The summed E-state index contributed by atoms with van der Waals surface area (Å²) in [7, 11) is 0. The fraction of sp³-hybridized carbons (Fsp3) is 0.643. The molecule has 0 unspecified atom stereocenters. The molecule has 0 saturated carbocycles. The molecule has 5 N–H and O–H groups in total. The van der Waals surface area contributed by atoms with Crippen LogP contribution in [0, 0.1) is 0 Å². The number of ether oxygens (including phenoxy) is 1. The number of fused-ring (bicyclic) bond motifs is 1. The number of imidazole rings is 1. The van der Waals surface area contributed by atoms with E-state index in [1.807, 2.05) is 0 Å². The minimum absolute atomic E-state index is 0.0955. The Morgan fingerprint density at radius 2 is 1.81 bits per heavy atom. The van der Waals surface area contributed by atoms with Gasteiger partial charge in [0.1, 0.15) is 18.3 Å². The lowest BCUT2D eigenvalue weighted by molar-refractivity contribution is -0.0511. The molecule has 144 valence electrons. The Kier molecular flexibility index (Phi) is 5.87. The summed E-state index contributed by atoms with van der Waals surface area (Å²) < 4.78 is 6.89. The van der Waals surface area contributed by atoms with Crippen molar-refractivity contribution < 1.29 is 30.3 Å². The summed E-state index contributed by atoms with van der Waals surface area (Å²) in [5, 5.41) is 47.8. The Labute approximate surface area is 153 Å². The zero-order chi connectivity index (χ0) is 18.8. The maximum absolute atomic E-state index is 10.2. The van der Waals surface area contributed by atoms with E-state index in [0.717, 1.165) is 0 Å². The smallest absolute Gasteiger partial charge is 0.226 e. The SMILES string of the molecule is OCCN(CCO)c1nc(Cl)nc2c1ncn2[C@@H]1O[C@H](CO)[C@@H](O)[C@H]1O. The second-order valence-corrected chi connectivity index (χ2v) is 6.14. The molecule has 3 heterocycles. The summed E-state index contributed by atoms with van der Waals surface area (Å²) in [5.74, 6) is 0.314. The van der Waals surface area contributed by atoms with Gasteiger partial charge in [-0.25, -0.2) is 4.98 Å². The largest absolute Gasteiger partial charge is 0.395 e. The maximum Gasteiger partial charge on any atom is 0.226 e. The maximum atomic E-state index is 10.2. The van der Waals surface area contributed by atoms with E-state index in [1.54, 1.807) is 4.90 Å². The average Bonchev–Trinajstić information content (AvgIpc) is 3.15. The van der Waals surface area contributed by atoms with Crippen molar-refractivity contribution in [3.8, 4) is 0 Å². The van der Waals surface area contributed by atoms with Crippen LogP contribution in [0.4, 0.5) is 5.82 Å². The number of aliphatic hydroxyl groups excluding tert-OH is 5. The zero-order valence-corrected chi connectivity index (χ0v) is 14.4. The third kappa shape index (κ3) is 3.34. The van der Waals surface area contributed by atoms with Gasteiger partial charge in [-0.1, -0.05) is 0 Å². The van der Waals surface area contributed by atoms with E-state index < -0.39 is 31.1 Å². The first-order valence-electron chi connectivity index (χ1n) is 8.01. The van der Waals surface area contributed by atoms with E-state index in [0.29, 0.717) is 11.3 Å². The number of halogens is 1. The van der Waals surface area contributed by atoms with Gasteiger partial charge in [-0.3, -0.25) is 4.57 Å². The molecule has 0 aliphatic carbocycles. The first-order valence-corrected chi connectivity index (χ1v) is 8.38. The van der Waals surface area contributed by atoms with E-state index in [-0.39, 0.29) is 37.2 Å². The molecule has 0 spiro atoms. The molecule has 0 aromatic carbocycles. The summed E-state index contributed by atoms with van der Waals surface area (Å²) in [6.07, 6.45) is -3.16. The van der Waals surface area contributed by atoms with Crippen molar-refractivity contribution in [1.29, 1.82) is 0 Å². The van der Waals surface area contributed by atoms with Gasteiger partial charge < -0.3 is 35.2 Å². The number of aromatic nitrogens is 4. The van der Waals surface area contributed by atoms with Crippen molar-refractivity contribution in [3.05, 3.63) is 11.6 Å². The van der Waals surface area contributed by atoms with Gasteiger partial charge in [-0.05, 0) is 11.6 Å². The van der Waals surface area contributed by atoms with Crippen molar-refractivity contribution in [2.75, 3.05) is 37.8 Å². The van der Waals surface area contributed by atoms with Crippen LogP contribution in [0.2, 0.25) is 5.28 Å². The van der Waals surface area contributed by atoms with Crippen LogP contribution in [0.3, 0.4) is 0 Å². The molecule has 0 radical (unpaired) electrons. The lowest BCUT2D eigenvalue weighted by Gasteiger charge is -2.22. The number of hydrogen-bond donors (Lipinski definition) is 5. The highest BCUT2D eigenvalue weighted by atomic mass is 35.5. The normalized spacial score (nSPS) is 25.9. The molecule has 0 bridgehead atoms. The second-order valence-electron chi connectivity index (χ2n) is 5.80. The molecule has 11 nitrogen and oxygen atoms in total. The summed E-state index contributed by atoms with van der Waals surface area (Å²) >= 11 is 6.02. The highest BCUT2D eigenvalue weighted by Gasteiger charge is 2.44. The van der Waals surface area contributed by atoms with Crippen LogP contribution >= 0.6 is 11.6 Å². The molecule has 1 aliphatic heterocycles. The third-order valence-corrected chi connectivity index (χ3v) is 4.38. The second kappa shape index (κ2) is 7.96. The van der Waals surface area contributed by atoms with Crippen molar-refractivity contribution in [2.45, 2.75) is 24.5 Å². The van der Waals surface area contributed by atoms with Gasteiger partial charge >= 0.3 is 0 Å². The van der Waals surface area contributed by atoms with Gasteiger partial charge in [0.25, 0.3) is 0 Å². The number of rotatable bonds is 7. The molecule has 0 amide bonds. The average molecular weight is 390 g/mol. The van der Waals surface area contributed by atoms with Crippen LogP contribution in [0.1, 0.15) is 6.23 Å². The minimum atomic E-state index is -1.30. The Balaban J connectivity index is 2.05. The molecule has 3 rings (SSSR count). The standard InChI is InChI=1S/C14H20ClN5O6/c15-14-17-11(19(1-3-21)2-4-22)8-12(18-14)20(6-16-8)13-10(25)9(24)7(5-23)26-13/h6-7,9-10,13,21-25H,1-5H2/t7-,9-,10-,13-/m1/s1. The van der Waals surface area contributed by atoms with Gasteiger partial charge in [0.2, 0.25) is 5.28 Å². The third-order valence-electron chi connectivity index (χ3n) is 4.21. The first kappa shape index (κ1) is 19.2. The monoisotopic (exact) mass is 389 g/mol. The summed E-state index contributed by atoms with van der Waals surface area (Å²) in [6.45, 7) is -0.395. The summed E-state index contributed by atoms with van der Waals surface area (Å²) in [6, 6.07) is 0. The molecule has 4 atom stereocenters. The first-order chi connectivity index (χ1) is 12.5. The molecule has 2 aromatic heterocycles. The fourth-order valence-corrected chi connectivity index (χ4v) is 3.12. The highest BCUT2D eigenvalue weighted by molar-refractivity contribution is 6.28. The van der Waals surface area contributed by atoms with Crippen molar-refractivity contribution in [3.63, 3.8) is 0 Å². The lowest BCUT2D eigenvalue weighted by atomic mass is 10.1. The van der Waals surface area contributed by atoms with Crippen LogP contribution in [0.15, 0.2) is 6.33 Å². The molecule has 2 aromatic rings. The number of nitrogens with zero attached hydrogens (tertiary/aromatic N) is 5. The predicted octanol–water partition coefficient (Wildman–Crippen LogP) is -2.12. The molecule has 1 saturated heterocycles. The van der Waals surface area contributed by atoms with Gasteiger partial charge in [0.05, 0.1) is 26.1 Å². The molecule has 12 heteroatoms. The minimum Gasteiger partial charge on any atom is -0.395 e. The van der Waals surface area contributed by atoms with E-state index >= 15 is 0 Å². The van der Waals surface area contributed by atoms with Gasteiger partial charge in [-0.15, -0.1) is 0 Å². The molecule has 1 fully saturated rings. The van der Waals surface area contributed by atoms with Crippen LogP contribution in [0.25, 0.3) is 11.2 Å². The Hall–Kier alpha value is -1.60. The molecular weight excluding hydrogens is 370 g/mol. The van der Waals surface area contributed by atoms with Crippen LogP contribution in [-0.4, -0.2) is 96.3 Å². The number of aliphatic hydroxyl groups is 5. The van der Waals surface area contributed by atoms with E-state index in [1.165, 1.54) is 10.9 Å². The Morgan fingerprint density at radius 3 is 2.38 bits per heavy atom. The van der Waals surface area contributed by atoms with Crippen molar-refractivity contribution >= 4 is 28.6 Å². The number of hydrogen-bond acceptors (Lipinski definition) is 10. The summed E-state index contributed by atoms with van der Waals surface area (Å²) in [4.78, 5) is 14.1.